The van der Waals surface area contributed by atoms with Crippen molar-refractivity contribution < 1.29 is 42.9 Å². The van der Waals surface area contributed by atoms with Gasteiger partial charge >= 0.3 is 23.9 Å². The molecule has 3 amide bonds. The fraction of sp³-hybridized carbons (Fsp3) is 0.448. The molecule has 42 heavy (non-hydrogen) atoms. The van der Waals surface area contributed by atoms with Gasteiger partial charge in [0.1, 0.15) is 19.3 Å². The van der Waals surface area contributed by atoms with Crippen molar-refractivity contribution in [2.75, 3.05) is 54.1 Å². The van der Waals surface area contributed by atoms with Gasteiger partial charge in [0.25, 0.3) is 0 Å². The van der Waals surface area contributed by atoms with Crippen LogP contribution in [0.3, 0.4) is 0 Å². The van der Waals surface area contributed by atoms with Crippen molar-refractivity contribution in [3.63, 3.8) is 0 Å². The molecule has 13 nitrogen and oxygen atoms in total. The van der Waals surface area contributed by atoms with E-state index in [9.17, 15) is 19.2 Å². The molecule has 2 aromatic rings. The molecular formula is C29H38N4O9. The minimum absolute atomic E-state index is 0.110. The third-order valence-corrected chi connectivity index (χ3v) is 6.35. The lowest BCUT2D eigenvalue weighted by Crippen LogP contribution is -2.63. The number of hydrogen-bond acceptors (Lipinski definition) is 10. The number of esters is 1. The van der Waals surface area contributed by atoms with Gasteiger partial charge in [-0.25, -0.2) is 14.4 Å². The van der Waals surface area contributed by atoms with Crippen LogP contribution in [0.25, 0.3) is 0 Å². The van der Waals surface area contributed by atoms with Crippen LogP contribution in [0.1, 0.15) is 11.1 Å². The fourth-order valence-corrected chi connectivity index (χ4v) is 4.17. The number of nitrogens with zero attached hydrogens (tertiary/aromatic N) is 1. The average Bonchev–Trinajstić information content (AvgIpc) is 3.12. The smallest absolute Gasteiger partial charge is 0.411 e. The highest BCUT2D eigenvalue weighted by Crippen LogP contribution is 2.16. The van der Waals surface area contributed by atoms with Gasteiger partial charge in [-0.1, -0.05) is 60.7 Å². The summed E-state index contributed by atoms with van der Waals surface area (Å²) in [6, 6.07) is 17.4. The number of alkyl carbamates (subject to hydrolysis) is 2. The SMILES string of the molecule is CNCCOC[C@](NC(=O)OCc1ccccc1)(OC(=O)N[C@H]1CO[C@@H](Cc2ccccc2)CN(C)C1=O)C(=O)OC. The largest absolute Gasteiger partial charge is 0.465 e. The van der Waals surface area contributed by atoms with E-state index in [1.165, 1.54) is 4.90 Å². The van der Waals surface area contributed by atoms with Crippen LogP contribution in [0, 0.1) is 0 Å². The Labute approximate surface area is 244 Å². The first-order chi connectivity index (χ1) is 20.3. The molecule has 228 valence electrons. The number of methoxy groups -OCH3 is 1. The molecule has 1 saturated heterocycles. The topological polar surface area (TPSA) is 154 Å². The van der Waals surface area contributed by atoms with Gasteiger partial charge in [-0.3, -0.25) is 10.1 Å². The predicted molar refractivity (Wildman–Crippen MR) is 150 cm³/mol. The zero-order valence-corrected chi connectivity index (χ0v) is 24.0. The summed E-state index contributed by atoms with van der Waals surface area (Å²) in [5, 5.41) is 7.59. The van der Waals surface area contributed by atoms with E-state index in [1.54, 1.807) is 38.4 Å². The number of amides is 3. The summed E-state index contributed by atoms with van der Waals surface area (Å²) in [6.45, 7) is -0.00625. The molecule has 3 rings (SSSR count). The Hall–Kier alpha value is -4.20. The number of likely N-dealkylation sites (N-methyl/N-ethyl adjacent to an activating group) is 2. The second-order valence-corrected chi connectivity index (χ2v) is 9.61. The second-order valence-electron chi connectivity index (χ2n) is 9.61. The van der Waals surface area contributed by atoms with Gasteiger partial charge in [0, 0.05) is 26.6 Å². The Morgan fingerprint density at radius 1 is 1.02 bits per heavy atom. The molecule has 13 heteroatoms. The van der Waals surface area contributed by atoms with Crippen molar-refractivity contribution in [1.29, 1.82) is 0 Å². The van der Waals surface area contributed by atoms with E-state index in [4.69, 9.17) is 23.7 Å². The molecule has 3 N–H and O–H groups in total. The number of benzene rings is 2. The zero-order valence-electron chi connectivity index (χ0n) is 24.0. The molecule has 0 unspecified atom stereocenters. The number of carbonyl (C=O) groups excluding carboxylic acids is 4. The van der Waals surface area contributed by atoms with Crippen molar-refractivity contribution in [1.82, 2.24) is 20.9 Å². The normalized spacial score (nSPS) is 18.3. The molecule has 0 aliphatic carbocycles. The predicted octanol–water partition coefficient (Wildman–Crippen LogP) is 1.21. The zero-order chi connectivity index (χ0) is 30.4. The van der Waals surface area contributed by atoms with Gasteiger partial charge < -0.3 is 39.2 Å². The van der Waals surface area contributed by atoms with Crippen LogP contribution in [0.4, 0.5) is 9.59 Å². The Balaban J connectivity index is 1.70. The maximum atomic E-state index is 13.1. The van der Waals surface area contributed by atoms with E-state index >= 15 is 0 Å². The second kappa shape index (κ2) is 16.3. The first kappa shape index (κ1) is 32.3. The molecule has 0 radical (unpaired) electrons. The maximum Gasteiger partial charge on any atom is 0.411 e. The quantitative estimate of drug-likeness (QED) is 0.135. The fourth-order valence-electron chi connectivity index (χ4n) is 4.17. The van der Waals surface area contributed by atoms with Crippen LogP contribution in [0.15, 0.2) is 60.7 Å². The molecule has 0 spiro atoms. The third kappa shape index (κ3) is 9.72. The molecule has 0 saturated carbocycles. The van der Waals surface area contributed by atoms with Gasteiger partial charge in [-0.15, -0.1) is 0 Å². The Morgan fingerprint density at radius 2 is 1.69 bits per heavy atom. The van der Waals surface area contributed by atoms with E-state index < -0.39 is 42.4 Å². The van der Waals surface area contributed by atoms with Crippen LogP contribution in [0.2, 0.25) is 0 Å². The standard InChI is InChI=1S/C29H38N4O9/c1-30-14-15-39-20-29(26(35)38-3,32-28(37)41-18-22-12-8-5-9-13-22)42-27(36)31-24-19-40-23(17-33(2)25(24)34)16-21-10-6-4-7-11-21/h4-13,23-24,30H,14-20H2,1-3H3,(H,31,36)(H,32,37)/t23-,24-,29-/m0/s1. The maximum absolute atomic E-state index is 13.1. The lowest BCUT2D eigenvalue weighted by molar-refractivity contribution is -0.173. The van der Waals surface area contributed by atoms with Crippen LogP contribution < -0.4 is 16.0 Å². The Morgan fingerprint density at radius 3 is 2.33 bits per heavy atom. The molecule has 0 bridgehead atoms. The summed E-state index contributed by atoms with van der Waals surface area (Å²) in [6.07, 6.45) is -1.98. The molecular weight excluding hydrogens is 548 g/mol. The van der Waals surface area contributed by atoms with Crippen LogP contribution in [-0.4, -0.2) is 101 Å². The van der Waals surface area contributed by atoms with Gasteiger partial charge in [0.2, 0.25) is 5.91 Å². The first-order valence-electron chi connectivity index (χ1n) is 13.5. The lowest BCUT2D eigenvalue weighted by atomic mass is 10.1. The van der Waals surface area contributed by atoms with Crippen molar-refractivity contribution in [3.05, 3.63) is 71.8 Å². The Kier molecular flexibility index (Phi) is 12.5. The summed E-state index contributed by atoms with van der Waals surface area (Å²) < 4.78 is 27.0. The van der Waals surface area contributed by atoms with Gasteiger partial charge in [0.15, 0.2) is 0 Å². The highest BCUT2D eigenvalue weighted by molar-refractivity contribution is 5.89. The summed E-state index contributed by atoms with van der Waals surface area (Å²) in [5.74, 6) is -1.53. The minimum atomic E-state index is -2.42. The highest BCUT2D eigenvalue weighted by Gasteiger charge is 2.47. The molecule has 1 aliphatic rings. The number of ether oxygens (including phenoxy) is 5. The van der Waals surface area contributed by atoms with Crippen molar-refractivity contribution in [2.45, 2.75) is 30.9 Å². The minimum Gasteiger partial charge on any atom is -0.465 e. The average molecular weight is 587 g/mol. The van der Waals surface area contributed by atoms with Crippen molar-refractivity contribution >= 4 is 24.1 Å². The Bertz CT molecular complexity index is 1170. The van der Waals surface area contributed by atoms with E-state index in [-0.39, 0.29) is 25.9 Å². The monoisotopic (exact) mass is 586 g/mol. The van der Waals surface area contributed by atoms with E-state index in [1.807, 2.05) is 36.4 Å². The van der Waals surface area contributed by atoms with Crippen molar-refractivity contribution in [3.8, 4) is 0 Å². The molecule has 2 aromatic carbocycles. The highest BCUT2D eigenvalue weighted by atomic mass is 16.6. The van der Waals surface area contributed by atoms with Gasteiger partial charge in [-0.2, -0.15) is 0 Å². The lowest BCUT2D eigenvalue weighted by Gasteiger charge is -2.31. The number of hydrogen-bond donors (Lipinski definition) is 3. The summed E-state index contributed by atoms with van der Waals surface area (Å²) in [5.41, 5.74) is -0.682. The molecule has 3 atom stereocenters. The van der Waals surface area contributed by atoms with Crippen LogP contribution in [0.5, 0.6) is 0 Å². The summed E-state index contributed by atoms with van der Waals surface area (Å²) >= 11 is 0. The first-order valence-corrected chi connectivity index (χ1v) is 13.5. The number of nitrogens with one attached hydrogen (secondary N) is 3. The van der Waals surface area contributed by atoms with E-state index in [0.29, 0.717) is 25.1 Å². The number of carbonyl (C=O) groups is 4. The molecule has 0 aromatic heterocycles. The van der Waals surface area contributed by atoms with Crippen LogP contribution >= 0.6 is 0 Å². The van der Waals surface area contributed by atoms with E-state index in [2.05, 4.69) is 16.0 Å². The molecule has 1 aliphatic heterocycles. The van der Waals surface area contributed by atoms with E-state index in [0.717, 1.165) is 12.7 Å². The summed E-state index contributed by atoms with van der Waals surface area (Å²) in [7, 11) is 4.37. The molecule has 1 heterocycles. The number of rotatable bonds is 13. The summed E-state index contributed by atoms with van der Waals surface area (Å²) in [4.78, 5) is 53.3. The molecule has 1 fully saturated rings. The van der Waals surface area contributed by atoms with Crippen molar-refractivity contribution in [2.24, 2.45) is 0 Å². The van der Waals surface area contributed by atoms with Gasteiger partial charge in [-0.05, 0) is 18.2 Å². The van der Waals surface area contributed by atoms with Gasteiger partial charge in [0.05, 0.1) is 26.4 Å². The third-order valence-electron chi connectivity index (χ3n) is 6.35. The van der Waals surface area contributed by atoms with Crippen LogP contribution in [-0.2, 0) is 46.3 Å².